The molecule has 0 N–H and O–H groups in total. The van der Waals surface area contributed by atoms with E-state index in [2.05, 4.69) is 27.7 Å². The van der Waals surface area contributed by atoms with Crippen molar-refractivity contribution in [1.82, 2.24) is 0 Å². The summed E-state index contributed by atoms with van der Waals surface area (Å²) in [5.74, 6) is 1.04. The number of ether oxygens (including phenoxy) is 2. The standard InChI is InChI=1S/C11H23O2/c1-8(2)10(5)12-7-13-11(6)9(3)4/h7-11H,1-6H3. The second kappa shape index (κ2) is 6.39. The highest BCUT2D eigenvalue weighted by atomic mass is 16.7. The van der Waals surface area contributed by atoms with E-state index in [1.807, 2.05) is 13.8 Å². The molecule has 0 rings (SSSR count). The molecule has 0 aliphatic rings. The Hall–Kier alpha value is -0.0800. The van der Waals surface area contributed by atoms with Gasteiger partial charge in [0.1, 0.15) is 0 Å². The summed E-state index contributed by atoms with van der Waals surface area (Å²) >= 11 is 0. The van der Waals surface area contributed by atoms with Crippen molar-refractivity contribution in [2.45, 2.75) is 53.8 Å². The van der Waals surface area contributed by atoms with Crippen LogP contribution in [0.3, 0.4) is 0 Å². The summed E-state index contributed by atoms with van der Waals surface area (Å²) in [7, 11) is 0. The minimum atomic E-state index is 0.222. The maximum Gasteiger partial charge on any atom is 0.209 e. The van der Waals surface area contributed by atoms with Crippen molar-refractivity contribution in [3.05, 3.63) is 6.79 Å². The van der Waals surface area contributed by atoms with Crippen LogP contribution in [-0.4, -0.2) is 12.2 Å². The minimum Gasteiger partial charge on any atom is -0.345 e. The Morgan fingerprint density at radius 3 is 1.23 bits per heavy atom. The third kappa shape index (κ3) is 6.05. The summed E-state index contributed by atoms with van der Waals surface area (Å²) in [4.78, 5) is 0. The average molecular weight is 187 g/mol. The molecule has 2 heteroatoms. The van der Waals surface area contributed by atoms with Gasteiger partial charge in [-0.2, -0.15) is 0 Å². The fourth-order valence-corrected chi connectivity index (χ4v) is 0.522. The zero-order valence-corrected chi connectivity index (χ0v) is 9.70. The van der Waals surface area contributed by atoms with Gasteiger partial charge in [-0.25, -0.2) is 0 Å². The Bertz CT molecular complexity index is 107. The summed E-state index contributed by atoms with van der Waals surface area (Å²) in [6, 6.07) is 0. The summed E-state index contributed by atoms with van der Waals surface area (Å²) in [5.41, 5.74) is 0. The first-order valence-corrected chi connectivity index (χ1v) is 5.07. The van der Waals surface area contributed by atoms with E-state index in [1.165, 1.54) is 6.79 Å². The zero-order chi connectivity index (χ0) is 10.4. The topological polar surface area (TPSA) is 18.5 Å². The Morgan fingerprint density at radius 1 is 0.692 bits per heavy atom. The van der Waals surface area contributed by atoms with Gasteiger partial charge in [-0.15, -0.1) is 0 Å². The molecule has 0 bridgehead atoms. The normalized spacial score (nSPS) is 16.6. The molecule has 0 fully saturated rings. The first-order valence-electron chi connectivity index (χ1n) is 5.07. The second-order valence-electron chi connectivity index (χ2n) is 4.27. The van der Waals surface area contributed by atoms with Gasteiger partial charge in [-0.05, 0) is 25.7 Å². The van der Waals surface area contributed by atoms with Crippen molar-refractivity contribution in [3.63, 3.8) is 0 Å². The van der Waals surface area contributed by atoms with Crippen molar-refractivity contribution in [3.8, 4) is 0 Å². The predicted molar refractivity (Wildman–Crippen MR) is 55.1 cm³/mol. The molecule has 0 aromatic carbocycles. The van der Waals surface area contributed by atoms with Crippen LogP contribution in [0.25, 0.3) is 0 Å². The first-order chi connectivity index (χ1) is 5.95. The number of hydrogen-bond acceptors (Lipinski definition) is 2. The number of hydrogen-bond donors (Lipinski definition) is 0. The highest BCUT2D eigenvalue weighted by molar-refractivity contribution is 4.58. The van der Waals surface area contributed by atoms with Crippen LogP contribution in [0.15, 0.2) is 0 Å². The van der Waals surface area contributed by atoms with Crippen LogP contribution in [0.5, 0.6) is 0 Å². The van der Waals surface area contributed by atoms with Gasteiger partial charge in [-0.1, -0.05) is 27.7 Å². The molecule has 0 aliphatic carbocycles. The molecule has 2 unspecified atom stereocenters. The SMILES string of the molecule is CC(C)C(C)O[CH]OC(C)C(C)C. The molecule has 0 saturated carbocycles. The molecule has 0 heterocycles. The van der Waals surface area contributed by atoms with Crippen molar-refractivity contribution >= 4 is 0 Å². The van der Waals surface area contributed by atoms with Crippen molar-refractivity contribution < 1.29 is 9.47 Å². The molecular weight excluding hydrogens is 164 g/mol. The molecule has 2 nitrogen and oxygen atoms in total. The van der Waals surface area contributed by atoms with Crippen LogP contribution in [0.1, 0.15) is 41.5 Å². The van der Waals surface area contributed by atoms with Crippen LogP contribution in [0.2, 0.25) is 0 Å². The van der Waals surface area contributed by atoms with Gasteiger partial charge in [0.05, 0.1) is 12.2 Å². The molecule has 2 atom stereocenters. The molecule has 1 radical (unpaired) electrons. The van der Waals surface area contributed by atoms with Crippen LogP contribution < -0.4 is 0 Å². The second-order valence-corrected chi connectivity index (χ2v) is 4.27. The van der Waals surface area contributed by atoms with Gasteiger partial charge in [-0.3, -0.25) is 0 Å². The molecule has 0 aromatic heterocycles. The summed E-state index contributed by atoms with van der Waals surface area (Å²) in [5, 5.41) is 0. The molecule has 0 aliphatic heterocycles. The summed E-state index contributed by atoms with van der Waals surface area (Å²) < 4.78 is 10.8. The smallest absolute Gasteiger partial charge is 0.209 e. The maximum atomic E-state index is 5.38. The van der Waals surface area contributed by atoms with Gasteiger partial charge < -0.3 is 9.47 Å². The molecule has 0 aromatic rings. The van der Waals surface area contributed by atoms with Gasteiger partial charge in [0, 0.05) is 0 Å². The largest absolute Gasteiger partial charge is 0.345 e. The van der Waals surface area contributed by atoms with E-state index in [0.717, 1.165) is 0 Å². The van der Waals surface area contributed by atoms with E-state index in [1.54, 1.807) is 0 Å². The lowest BCUT2D eigenvalue weighted by atomic mass is 10.1. The zero-order valence-electron chi connectivity index (χ0n) is 9.70. The third-order valence-corrected chi connectivity index (χ3v) is 2.42. The molecule has 0 spiro atoms. The first kappa shape index (κ1) is 12.9. The number of rotatable bonds is 6. The van der Waals surface area contributed by atoms with E-state index in [0.29, 0.717) is 11.8 Å². The molecule has 79 valence electrons. The fourth-order valence-electron chi connectivity index (χ4n) is 0.522. The monoisotopic (exact) mass is 187 g/mol. The van der Waals surface area contributed by atoms with Gasteiger partial charge >= 0.3 is 0 Å². The highest BCUT2D eigenvalue weighted by Gasteiger charge is 2.10. The Labute approximate surface area is 82.6 Å². The van der Waals surface area contributed by atoms with E-state index in [9.17, 15) is 0 Å². The fraction of sp³-hybridized carbons (Fsp3) is 0.909. The van der Waals surface area contributed by atoms with Crippen LogP contribution in [0, 0.1) is 18.6 Å². The Balaban J connectivity index is 3.45. The molecule has 13 heavy (non-hydrogen) atoms. The summed E-state index contributed by atoms with van der Waals surface area (Å²) in [6.45, 7) is 14.1. The van der Waals surface area contributed by atoms with Crippen LogP contribution in [0.4, 0.5) is 0 Å². The van der Waals surface area contributed by atoms with E-state index >= 15 is 0 Å². The lowest BCUT2D eigenvalue weighted by molar-refractivity contribution is -0.0655. The van der Waals surface area contributed by atoms with Crippen LogP contribution in [-0.2, 0) is 9.47 Å². The van der Waals surface area contributed by atoms with Crippen molar-refractivity contribution in [2.24, 2.45) is 11.8 Å². The Morgan fingerprint density at radius 2 is 1.00 bits per heavy atom. The van der Waals surface area contributed by atoms with Gasteiger partial charge in [0.25, 0.3) is 0 Å². The third-order valence-electron chi connectivity index (χ3n) is 2.42. The van der Waals surface area contributed by atoms with E-state index < -0.39 is 0 Å². The maximum absolute atomic E-state index is 5.38. The van der Waals surface area contributed by atoms with Crippen LogP contribution >= 0.6 is 0 Å². The van der Waals surface area contributed by atoms with Crippen molar-refractivity contribution in [2.75, 3.05) is 0 Å². The minimum absolute atomic E-state index is 0.222. The molecular formula is C11H23O2. The van der Waals surface area contributed by atoms with E-state index in [-0.39, 0.29) is 12.2 Å². The Kier molecular flexibility index (Phi) is 6.35. The lowest BCUT2D eigenvalue weighted by Gasteiger charge is -2.19. The van der Waals surface area contributed by atoms with Crippen molar-refractivity contribution in [1.29, 1.82) is 0 Å². The van der Waals surface area contributed by atoms with E-state index in [4.69, 9.17) is 9.47 Å². The predicted octanol–water partition coefficient (Wildman–Crippen LogP) is 3.23. The summed E-state index contributed by atoms with van der Waals surface area (Å²) in [6.07, 6.45) is 0.443. The highest BCUT2D eigenvalue weighted by Crippen LogP contribution is 2.10. The van der Waals surface area contributed by atoms with Gasteiger partial charge in [0.15, 0.2) is 0 Å². The quantitative estimate of drug-likeness (QED) is 0.635. The molecule has 0 amide bonds. The van der Waals surface area contributed by atoms with Gasteiger partial charge in [0.2, 0.25) is 6.79 Å². The lowest BCUT2D eigenvalue weighted by Crippen LogP contribution is -2.19. The molecule has 0 saturated heterocycles. The average Bonchev–Trinajstić information content (AvgIpc) is 2.03.